The van der Waals surface area contributed by atoms with Gasteiger partial charge in [-0.1, -0.05) is 29.8 Å². The van der Waals surface area contributed by atoms with Crippen LogP contribution in [0.15, 0.2) is 54.2 Å². The van der Waals surface area contributed by atoms with Crippen LogP contribution in [0.25, 0.3) is 6.08 Å². The van der Waals surface area contributed by atoms with Crippen LogP contribution in [0.1, 0.15) is 21.5 Å². The number of amides is 2. The number of ether oxygens (including phenoxy) is 1. The second-order valence-electron chi connectivity index (χ2n) is 6.71. The summed E-state index contributed by atoms with van der Waals surface area (Å²) in [6.45, 7) is 3.13. The van der Waals surface area contributed by atoms with Gasteiger partial charge >= 0.3 is 0 Å². The molecule has 2 amide bonds. The molecule has 0 aliphatic heterocycles. The highest BCUT2D eigenvalue weighted by molar-refractivity contribution is 6.05. The molecule has 148 valence electrons. The minimum atomic E-state index is -0.335. The minimum Gasteiger partial charge on any atom is -0.497 e. The molecule has 0 bridgehead atoms. The molecule has 0 heterocycles. The van der Waals surface area contributed by atoms with Crippen molar-refractivity contribution >= 4 is 17.9 Å². The molecule has 0 aromatic heterocycles. The number of methoxy groups -OCH3 is 1. The van der Waals surface area contributed by atoms with E-state index >= 15 is 0 Å². The van der Waals surface area contributed by atoms with Gasteiger partial charge in [-0.15, -0.1) is 0 Å². The van der Waals surface area contributed by atoms with Crippen molar-refractivity contribution in [2.24, 2.45) is 0 Å². The lowest BCUT2D eigenvalue weighted by atomic mass is 10.1. The van der Waals surface area contributed by atoms with Crippen LogP contribution in [-0.2, 0) is 4.79 Å². The molecule has 2 aromatic carbocycles. The van der Waals surface area contributed by atoms with Gasteiger partial charge in [-0.25, -0.2) is 0 Å². The molecule has 2 rings (SSSR count). The molecule has 0 atom stereocenters. The molecule has 0 saturated carbocycles. The lowest BCUT2D eigenvalue weighted by molar-refractivity contribution is -0.117. The molecule has 0 aliphatic carbocycles. The van der Waals surface area contributed by atoms with Crippen LogP contribution in [0.3, 0.4) is 0 Å². The molecule has 0 unspecified atom stereocenters. The quantitative estimate of drug-likeness (QED) is 0.689. The van der Waals surface area contributed by atoms with E-state index in [-0.39, 0.29) is 17.5 Å². The molecule has 0 saturated heterocycles. The van der Waals surface area contributed by atoms with E-state index in [4.69, 9.17) is 4.74 Å². The number of nitrogens with one attached hydrogen (secondary N) is 2. The number of carbonyl (C=O) groups is 2. The lowest BCUT2D eigenvalue weighted by Crippen LogP contribution is -2.37. The maximum Gasteiger partial charge on any atom is 0.267 e. The normalized spacial score (nSPS) is 11.2. The topological polar surface area (TPSA) is 70.7 Å². The van der Waals surface area contributed by atoms with E-state index in [0.717, 1.165) is 16.9 Å². The summed E-state index contributed by atoms with van der Waals surface area (Å²) in [5.74, 6) is 0.0541. The Morgan fingerprint density at radius 2 is 1.68 bits per heavy atom. The van der Waals surface area contributed by atoms with Gasteiger partial charge in [0.1, 0.15) is 11.4 Å². The predicted octanol–water partition coefficient (Wildman–Crippen LogP) is 2.45. The summed E-state index contributed by atoms with van der Waals surface area (Å²) >= 11 is 0. The van der Waals surface area contributed by atoms with Gasteiger partial charge < -0.3 is 20.3 Å². The van der Waals surface area contributed by atoms with Crippen molar-refractivity contribution in [2.45, 2.75) is 6.92 Å². The van der Waals surface area contributed by atoms with Gasteiger partial charge in [0.05, 0.1) is 7.11 Å². The number of nitrogens with zero attached hydrogens (tertiary/aromatic N) is 1. The van der Waals surface area contributed by atoms with Crippen molar-refractivity contribution in [2.75, 3.05) is 34.3 Å². The first-order chi connectivity index (χ1) is 13.4. The van der Waals surface area contributed by atoms with E-state index in [1.165, 1.54) is 0 Å². The first kappa shape index (κ1) is 21.2. The average Bonchev–Trinajstić information content (AvgIpc) is 2.68. The largest absolute Gasteiger partial charge is 0.497 e. The zero-order chi connectivity index (χ0) is 20.5. The van der Waals surface area contributed by atoms with Crippen LogP contribution in [0, 0.1) is 6.92 Å². The minimum absolute atomic E-state index is 0.189. The molecule has 28 heavy (non-hydrogen) atoms. The Bertz CT molecular complexity index is 825. The molecule has 2 aromatic rings. The van der Waals surface area contributed by atoms with Gasteiger partial charge in [0.2, 0.25) is 0 Å². The number of hydrogen-bond acceptors (Lipinski definition) is 4. The number of likely N-dealkylation sites (N-methyl/N-ethyl adjacent to an activating group) is 1. The first-order valence-corrected chi connectivity index (χ1v) is 9.05. The summed E-state index contributed by atoms with van der Waals surface area (Å²) in [5, 5.41) is 5.57. The number of carbonyl (C=O) groups excluding carboxylic acids is 2. The van der Waals surface area contributed by atoms with Gasteiger partial charge in [-0.05, 0) is 56.9 Å². The highest BCUT2D eigenvalue weighted by Gasteiger charge is 2.14. The number of rotatable bonds is 8. The number of aryl methyl sites for hydroxylation is 1. The van der Waals surface area contributed by atoms with Crippen LogP contribution in [0.5, 0.6) is 5.75 Å². The van der Waals surface area contributed by atoms with Crippen molar-refractivity contribution < 1.29 is 14.3 Å². The molecular weight excluding hydrogens is 354 g/mol. The maximum absolute atomic E-state index is 12.6. The molecule has 0 spiro atoms. The van der Waals surface area contributed by atoms with Crippen LogP contribution >= 0.6 is 0 Å². The van der Waals surface area contributed by atoms with Crippen molar-refractivity contribution in [1.29, 1.82) is 0 Å². The summed E-state index contributed by atoms with van der Waals surface area (Å²) in [4.78, 5) is 27.2. The first-order valence-electron chi connectivity index (χ1n) is 9.05. The summed E-state index contributed by atoms with van der Waals surface area (Å²) in [6, 6.07) is 14.4. The summed E-state index contributed by atoms with van der Waals surface area (Å²) in [6.07, 6.45) is 1.65. The number of hydrogen-bond donors (Lipinski definition) is 2. The van der Waals surface area contributed by atoms with Gasteiger partial charge in [-0.2, -0.15) is 0 Å². The number of benzene rings is 2. The third-order valence-corrected chi connectivity index (χ3v) is 4.08. The van der Waals surface area contributed by atoms with Crippen LogP contribution in [0.2, 0.25) is 0 Å². The highest BCUT2D eigenvalue weighted by atomic mass is 16.5. The molecular formula is C22H27N3O3. The van der Waals surface area contributed by atoms with Crippen molar-refractivity contribution in [1.82, 2.24) is 15.5 Å². The van der Waals surface area contributed by atoms with E-state index in [2.05, 4.69) is 10.6 Å². The Labute approximate surface area is 166 Å². The zero-order valence-electron chi connectivity index (χ0n) is 16.8. The third-order valence-electron chi connectivity index (χ3n) is 4.08. The van der Waals surface area contributed by atoms with Crippen molar-refractivity contribution in [3.63, 3.8) is 0 Å². The molecule has 0 fully saturated rings. The van der Waals surface area contributed by atoms with E-state index in [1.54, 1.807) is 37.5 Å². The molecule has 6 nitrogen and oxygen atoms in total. The van der Waals surface area contributed by atoms with Gasteiger partial charge in [0.15, 0.2) is 0 Å². The van der Waals surface area contributed by atoms with Gasteiger partial charge in [0.25, 0.3) is 11.8 Å². The third kappa shape index (κ3) is 6.55. The average molecular weight is 381 g/mol. The lowest BCUT2D eigenvalue weighted by Gasteiger charge is -2.13. The fourth-order valence-electron chi connectivity index (χ4n) is 2.41. The summed E-state index contributed by atoms with van der Waals surface area (Å²) in [7, 11) is 5.45. The second kappa shape index (κ2) is 10.3. The molecule has 0 radical (unpaired) electrons. The predicted molar refractivity (Wildman–Crippen MR) is 111 cm³/mol. The Hall–Kier alpha value is -3.12. The summed E-state index contributed by atoms with van der Waals surface area (Å²) < 4.78 is 5.15. The standard InChI is InChI=1S/C22H27N3O3/c1-16-5-9-18(10-6-16)21(26)24-20(22(27)23-13-14-25(2)3)15-17-7-11-19(28-4)12-8-17/h5-12,15H,13-14H2,1-4H3,(H,23,27)(H,24,26)/b20-15+. The molecule has 0 aliphatic rings. The fourth-order valence-corrected chi connectivity index (χ4v) is 2.41. The molecule has 6 heteroatoms. The summed E-state index contributed by atoms with van der Waals surface area (Å²) in [5.41, 5.74) is 2.52. The molecule has 2 N–H and O–H groups in total. The zero-order valence-corrected chi connectivity index (χ0v) is 16.8. The van der Waals surface area contributed by atoms with Gasteiger partial charge in [0, 0.05) is 18.7 Å². The Morgan fingerprint density at radius 1 is 1.04 bits per heavy atom. The SMILES string of the molecule is COc1ccc(/C=C(/NC(=O)c2ccc(C)cc2)C(=O)NCCN(C)C)cc1. The Morgan fingerprint density at radius 3 is 2.25 bits per heavy atom. The van der Waals surface area contributed by atoms with Crippen LogP contribution in [-0.4, -0.2) is 51.0 Å². The highest BCUT2D eigenvalue weighted by Crippen LogP contribution is 2.14. The van der Waals surface area contributed by atoms with E-state index in [9.17, 15) is 9.59 Å². The van der Waals surface area contributed by atoms with E-state index < -0.39 is 0 Å². The van der Waals surface area contributed by atoms with E-state index in [0.29, 0.717) is 18.7 Å². The van der Waals surface area contributed by atoms with Crippen molar-refractivity contribution in [3.8, 4) is 5.75 Å². The smallest absolute Gasteiger partial charge is 0.267 e. The van der Waals surface area contributed by atoms with E-state index in [1.807, 2.05) is 50.2 Å². The Kier molecular flexibility index (Phi) is 7.77. The fraction of sp³-hybridized carbons (Fsp3) is 0.273. The van der Waals surface area contributed by atoms with Gasteiger partial charge in [-0.3, -0.25) is 9.59 Å². The van der Waals surface area contributed by atoms with Crippen LogP contribution < -0.4 is 15.4 Å². The Balaban J connectivity index is 2.21. The monoisotopic (exact) mass is 381 g/mol. The van der Waals surface area contributed by atoms with Crippen LogP contribution in [0.4, 0.5) is 0 Å². The second-order valence-corrected chi connectivity index (χ2v) is 6.71. The van der Waals surface area contributed by atoms with Crippen molar-refractivity contribution in [3.05, 3.63) is 70.9 Å². The maximum atomic E-state index is 12.6.